The van der Waals surface area contributed by atoms with Crippen LogP contribution in [0.1, 0.15) is 17.2 Å². The summed E-state index contributed by atoms with van der Waals surface area (Å²) in [7, 11) is 0. The molecule has 0 amide bonds. The van der Waals surface area contributed by atoms with Crippen molar-refractivity contribution in [2.24, 2.45) is 0 Å². The molecule has 10 heteroatoms. The van der Waals surface area contributed by atoms with Crippen LogP contribution in [0, 0.1) is 0 Å². The van der Waals surface area contributed by atoms with Crippen molar-refractivity contribution in [2.75, 3.05) is 0 Å². The highest BCUT2D eigenvalue weighted by molar-refractivity contribution is 5.69. The normalized spacial score (nSPS) is 12.7. The van der Waals surface area contributed by atoms with Crippen LogP contribution in [0.15, 0.2) is 35.1 Å². The smallest absolute Gasteiger partial charge is 0.336 e. The third kappa shape index (κ3) is 2.74. The minimum Gasteiger partial charge on any atom is -0.336 e. The molecule has 0 aliphatic carbocycles. The molecule has 24 heavy (non-hydrogen) atoms. The van der Waals surface area contributed by atoms with Crippen LogP contribution in [0.5, 0.6) is 0 Å². The molecule has 3 rings (SSSR count). The summed E-state index contributed by atoms with van der Waals surface area (Å²) in [5, 5.41) is 0. The predicted molar refractivity (Wildman–Crippen MR) is 73.7 cm³/mol. The van der Waals surface area contributed by atoms with Crippen molar-refractivity contribution in [2.45, 2.75) is 18.5 Å². The first-order valence-electron chi connectivity index (χ1n) is 6.66. The number of benzene rings is 1. The van der Waals surface area contributed by atoms with Gasteiger partial charge in [-0.2, -0.15) is 22.0 Å². The highest BCUT2D eigenvalue weighted by Gasteiger charge is 2.61. The van der Waals surface area contributed by atoms with E-state index in [4.69, 9.17) is 0 Å². The maximum atomic E-state index is 13.3. The van der Waals surface area contributed by atoms with Crippen LogP contribution in [0.2, 0.25) is 0 Å². The molecule has 0 radical (unpaired) electrons. The third-order valence-electron chi connectivity index (χ3n) is 3.28. The Kier molecular flexibility index (Phi) is 3.61. The maximum Gasteiger partial charge on any atom is 0.461 e. The van der Waals surface area contributed by atoms with Crippen molar-refractivity contribution in [3.05, 3.63) is 57.9 Å². The van der Waals surface area contributed by atoms with E-state index in [2.05, 4.69) is 15.0 Å². The van der Waals surface area contributed by atoms with Crippen molar-refractivity contribution in [1.82, 2.24) is 19.9 Å². The minimum absolute atomic E-state index is 0.224. The number of fused-ring (bicyclic) bond motifs is 1. The average molecular weight is 344 g/mol. The predicted octanol–water partition coefficient (Wildman–Crippen LogP) is 2.89. The Labute approximate surface area is 130 Å². The zero-order chi connectivity index (χ0) is 17.5. The molecule has 0 saturated heterocycles. The van der Waals surface area contributed by atoms with Crippen LogP contribution >= 0.6 is 0 Å². The van der Waals surface area contributed by atoms with E-state index in [1.54, 1.807) is 30.3 Å². The molecule has 0 aliphatic heterocycles. The number of aromatic nitrogens is 4. The summed E-state index contributed by atoms with van der Waals surface area (Å²) in [6.45, 7) is 0. The van der Waals surface area contributed by atoms with Crippen molar-refractivity contribution < 1.29 is 22.0 Å². The van der Waals surface area contributed by atoms with E-state index in [0.717, 1.165) is 5.56 Å². The number of hydrogen-bond acceptors (Lipinski definition) is 3. The molecule has 2 aromatic heterocycles. The third-order valence-corrected chi connectivity index (χ3v) is 3.28. The van der Waals surface area contributed by atoms with E-state index in [9.17, 15) is 26.7 Å². The Morgan fingerprint density at radius 2 is 1.62 bits per heavy atom. The first kappa shape index (κ1) is 16.1. The zero-order valence-corrected chi connectivity index (χ0v) is 11.8. The molecule has 3 aromatic rings. The number of alkyl halides is 5. The fourth-order valence-corrected chi connectivity index (χ4v) is 2.11. The fourth-order valence-electron chi connectivity index (χ4n) is 2.11. The van der Waals surface area contributed by atoms with Gasteiger partial charge < -0.3 is 9.97 Å². The molecule has 2 N–H and O–H groups in total. The topological polar surface area (TPSA) is 74.4 Å². The molecule has 5 nitrogen and oxygen atoms in total. The molecule has 126 valence electrons. The molecule has 1 aromatic carbocycles. The lowest BCUT2D eigenvalue weighted by Gasteiger charge is -2.17. The molecule has 0 fully saturated rings. The van der Waals surface area contributed by atoms with E-state index in [-0.39, 0.29) is 17.8 Å². The van der Waals surface area contributed by atoms with Gasteiger partial charge in [0.1, 0.15) is 5.82 Å². The van der Waals surface area contributed by atoms with Gasteiger partial charge in [0.2, 0.25) is 0 Å². The Bertz CT molecular complexity index is 930. The van der Waals surface area contributed by atoms with Crippen molar-refractivity contribution in [3.8, 4) is 0 Å². The van der Waals surface area contributed by atoms with Gasteiger partial charge in [0.15, 0.2) is 17.0 Å². The van der Waals surface area contributed by atoms with Gasteiger partial charge in [-0.1, -0.05) is 30.3 Å². The molecular weight excluding hydrogens is 335 g/mol. The second-order valence-corrected chi connectivity index (χ2v) is 5.03. The number of halogens is 5. The van der Waals surface area contributed by atoms with Gasteiger partial charge in [-0.25, -0.2) is 9.97 Å². The van der Waals surface area contributed by atoms with Crippen LogP contribution in [0.25, 0.3) is 11.2 Å². The number of rotatable bonds is 3. The van der Waals surface area contributed by atoms with Crippen LogP contribution in [-0.4, -0.2) is 26.1 Å². The van der Waals surface area contributed by atoms with Crippen LogP contribution in [-0.2, 0) is 12.3 Å². The van der Waals surface area contributed by atoms with Gasteiger partial charge in [0, 0.05) is 6.42 Å². The van der Waals surface area contributed by atoms with Crippen LogP contribution in [0.3, 0.4) is 0 Å². The van der Waals surface area contributed by atoms with Gasteiger partial charge in [-0.3, -0.25) is 4.79 Å². The zero-order valence-electron chi connectivity index (χ0n) is 11.8. The summed E-state index contributed by atoms with van der Waals surface area (Å²) in [5.74, 6) is -6.84. The lowest BCUT2D eigenvalue weighted by atomic mass is 10.1. The van der Waals surface area contributed by atoms with Gasteiger partial charge in [-0.15, -0.1) is 0 Å². The maximum absolute atomic E-state index is 13.3. The summed E-state index contributed by atoms with van der Waals surface area (Å²) in [4.78, 5) is 22.8. The highest BCUT2D eigenvalue weighted by atomic mass is 19.4. The van der Waals surface area contributed by atoms with Crippen LogP contribution < -0.4 is 5.56 Å². The largest absolute Gasteiger partial charge is 0.461 e. The molecule has 0 spiro atoms. The van der Waals surface area contributed by atoms with Crippen LogP contribution in [0.4, 0.5) is 22.0 Å². The first-order valence-corrected chi connectivity index (χ1v) is 6.66. The molecular formula is C14H9F5N4O. The summed E-state index contributed by atoms with van der Waals surface area (Å²) in [6, 6.07) is 8.87. The van der Waals surface area contributed by atoms with Gasteiger partial charge in [-0.05, 0) is 5.56 Å². The SMILES string of the molecule is O=c1[nH]c(C(F)(F)C(F)(F)F)nc2nc(Cc3ccccc3)[nH]c12. The standard InChI is InChI=1S/C14H9F5N4O/c15-13(16,14(17,18)19)12-22-10-9(11(24)23-12)20-8(21-10)6-7-4-2-1-3-5-7/h1-5H,6H2,(H2,20,21,22,23,24). The van der Waals surface area contributed by atoms with Gasteiger partial charge in [0.05, 0.1) is 0 Å². The summed E-state index contributed by atoms with van der Waals surface area (Å²) in [5.41, 5.74) is -1.09. The second-order valence-electron chi connectivity index (χ2n) is 5.03. The Balaban J connectivity index is 2.05. The monoisotopic (exact) mass is 344 g/mol. The van der Waals surface area contributed by atoms with Crippen molar-refractivity contribution in [1.29, 1.82) is 0 Å². The summed E-state index contributed by atoms with van der Waals surface area (Å²) in [6.07, 6.45) is -5.64. The van der Waals surface area contributed by atoms with E-state index in [1.165, 1.54) is 4.98 Å². The lowest BCUT2D eigenvalue weighted by molar-refractivity contribution is -0.292. The second kappa shape index (κ2) is 5.39. The molecule has 0 unspecified atom stereocenters. The fraction of sp³-hybridized carbons (Fsp3) is 0.214. The number of nitrogens with zero attached hydrogens (tertiary/aromatic N) is 2. The van der Waals surface area contributed by atoms with Crippen molar-refractivity contribution in [3.63, 3.8) is 0 Å². The average Bonchev–Trinajstić information content (AvgIpc) is 2.90. The molecule has 0 saturated carbocycles. The molecule has 0 aliphatic rings. The van der Waals surface area contributed by atoms with E-state index >= 15 is 0 Å². The number of H-pyrrole nitrogens is 2. The van der Waals surface area contributed by atoms with Gasteiger partial charge >= 0.3 is 12.1 Å². The van der Waals surface area contributed by atoms with E-state index in [1.807, 2.05) is 0 Å². The Hall–Kier alpha value is -2.78. The number of nitrogens with one attached hydrogen (secondary N) is 2. The Morgan fingerprint density at radius 3 is 2.25 bits per heavy atom. The molecule has 2 heterocycles. The van der Waals surface area contributed by atoms with Gasteiger partial charge in [0.25, 0.3) is 5.56 Å². The first-order chi connectivity index (χ1) is 11.2. The summed E-state index contributed by atoms with van der Waals surface area (Å²) < 4.78 is 63.9. The number of hydrogen-bond donors (Lipinski definition) is 2. The quantitative estimate of drug-likeness (QED) is 0.718. The minimum atomic E-state index is -5.88. The highest BCUT2D eigenvalue weighted by Crippen LogP contribution is 2.42. The molecule has 0 atom stereocenters. The molecule has 0 bridgehead atoms. The number of imidazole rings is 1. The lowest BCUT2D eigenvalue weighted by Crippen LogP contribution is -2.37. The van der Waals surface area contributed by atoms with E-state index in [0.29, 0.717) is 0 Å². The van der Waals surface area contributed by atoms with E-state index < -0.39 is 29.1 Å². The Morgan fingerprint density at radius 1 is 0.958 bits per heavy atom. The summed E-state index contributed by atoms with van der Waals surface area (Å²) >= 11 is 0. The number of aromatic amines is 2. The van der Waals surface area contributed by atoms with Crippen molar-refractivity contribution >= 4 is 11.2 Å².